The molecule has 1 saturated carbocycles. The number of carbonyl (C=O) groups excluding carboxylic acids is 1. The van der Waals surface area contributed by atoms with Gasteiger partial charge in [-0.05, 0) is 54.7 Å². The average Bonchev–Trinajstić information content (AvgIpc) is 3.35. The molecule has 0 saturated heterocycles. The second-order valence-corrected chi connectivity index (χ2v) is 6.66. The van der Waals surface area contributed by atoms with Crippen molar-refractivity contribution in [2.75, 3.05) is 12.4 Å². The van der Waals surface area contributed by atoms with Crippen molar-refractivity contribution in [2.45, 2.75) is 31.6 Å². The summed E-state index contributed by atoms with van der Waals surface area (Å²) in [4.78, 5) is 16.4. The van der Waals surface area contributed by atoms with E-state index in [9.17, 15) is 4.79 Å². The van der Waals surface area contributed by atoms with Gasteiger partial charge in [-0.2, -0.15) is 0 Å². The van der Waals surface area contributed by atoms with Gasteiger partial charge in [-0.25, -0.2) is 0 Å². The van der Waals surface area contributed by atoms with Crippen LogP contribution in [0.5, 0.6) is 5.75 Å². The highest BCUT2D eigenvalue weighted by atomic mass is 16.5. The molecule has 0 spiro atoms. The number of H-pyrrole nitrogens is 1. The zero-order valence-electron chi connectivity index (χ0n) is 14.6. The number of rotatable bonds is 5. The van der Waals surface area contributed by atoms with Gasteiger partial charge >= 0.3 is 0 Å². The second kappa shape index (κ2) is 5.96. The van der Waals surface area contributed by atoms with E-state index in [0.717, 1.165) is 52.7 Å². The van der Waals surface area contributed by atoms with E-state index in [2.05, 4.69) is 23.3 Å². The van der Waals surface area contributed by atoms with Crippen molar-refractivity contribution < 1.29 is 9.53 Å². The molecule has 0 atom stereocenters. The van der Waals surface area contributed by atoms with Gasteiger partial charge in [0, 0.05) is 22.8 Å². The molecule has 1 amide bonds. The lowest BCUT2D eigenvalue weighted by molar-refractivity contribution is -0.118. The molecule has 1 aromatic heterocycles. The molecule has 1 heterocycles. The van der Waals surface area contributed by atoms with Crippen LogP contribution in [0, 0.1) is 0 Å². The predicted molar refractivity (Wildman–Crippen MR) is 100 cm³/mol. The fourth-order valence-electron chi connectivity index (χ4n) is 3.56. The summed E-state index contributed by atoms with van der Waals surface area (Å²) < 4.78 is 5.35. The maximum Gasteiger partial charge on any atom is 0.235 e. The van der Waals surface area contributed by atoms with E-state index in [-0.39, 0.29) is 5.91 Å². The molecule has 0 bridgehead atoms. The van der Waals surface area contributed by atoms with Crippen molar-refractivity contribution in [3.63, 3.8) is 0 Å². The first-order chi connectivity index (χ1) is 12.2. The molecular formula is C21H22N2O2. The molecule has 2 aromatic carbocycles. The number of nitrogens with one attached hydrogen (secondary N) is 2. The molecule has 0 aliphatic heterocycles. The number of aromatic nitrogens is 1. The van der Waals surface area contributed by atoms with Crippen LogP contribution in [0.1, 0.15) is 30.9 Å². The third-order valence-electron chi connectivity index (χ3n) is 5.24. The van der Waals surface area contributed by atoms with Crippen LogP contribution in [0.15, 0.2) is 48.7 Å². The van der Waals surface area contributed by atoms with Gasteiger partial charge in [0.05, 0.1) is 12.5 Å². The minimum Gasteiger partial charge on any atom is -0.497 e. The Labute approximate surface area is 147 Å². The van der Waals surface area contributed by atoms with Gasteiger partial charge in [-0.1, -0.05) is 25.1 Å². The number of aromatic amines is 1. The Kier molecular flexibility index (Phi) is 3.75. The number of hydrogen-bond acceptors (Lipinski definition) is 2. The van der Waals surface area contributed by atoms with Crippen molar-refractivity contribution >= 4 is 22.5 Å². The first kappa shape index (κ1) is 15.8. The second-order valence-electron chi connectivity index (χ2n) is 6.66. The van der Waals surface area contributed by atoms with Crippen LogP contribution in [0.2, 0.25) is 0 Å². The number of methoxy groups -OCH3 is 1. The average molecular weight is 334 g/mol. The molecule has 4 nitrogen and oxygen atoms in total. The fourth-order valence-corrected chi connectivity index (χ4v) is 3.56. The van der Waals surface area contributed by atoms with Gasteiger partial charge in [-0.15, -0.1) is 0 Å². The maximum atomic E-state index is 13.1. The molecular weight excluding hydrogens is 312 g/mol. The third kappa shape index (κ3) is 2.58. The summed E-state index contributed by atoms with van der Waals surface area (Å²) in [5.41, 5.74) is 3.73. The van der Waals surface area contributed by atoms with Gasteiger partial charge in [0.25, 0.3) is 0 Å². The topological polar surface area (TPSA) is 54.1 Å². The fraction of sp³-hybridized carbons (Fsp3) is 0.286. The van der Waals surface area contributed by atoms with E-state index < -0.39 is 5.41 Å². The minimum atomic E-state index is -0.439. The third-order valence-corrected chi connectivity index (χ3v) is 5.24. The Morgan fingerprint density at radius 1 is 1.24 bits per heavy atom. The van der Waals surface area contributed by atoms with E-state index in [0.29, 0.717) is 0 Å². The molecule has 4 rings (SSSR count). The first-order valence-corrected chi connectivity index (χ1v) is 8.73. The summed E-state index contributed by atoms with van der Waals surface area (Å²) in [5.74, 6) is 0.887. The first-order valence-electron chi connectivity index (χ1n) is 8.73. The number of hydrogen-bond donors (Lipinski definition) is 2. The molecule has 1 aliphatic rings. The van der Waals surface area contributed by atoms with Crippen LogP contribution >= 0.6 is 0 Å². The number of carbonyl (C=O) groups is 1. The Balaban J connectivity index is 1.69. The zero-order valence-corrected chi connectivity index (χ0v) is 14.6. The summed E-state index contributed by atoms with van der Waals surface area (Å²) in [6, 6.07) is 13.9. The van der Waals surface area contributed by atoms with Crippen LogP contribution in [0.3, 0.4) is 0 Å². The van der Waals surface area contributed by atoms with E-state index in [1.54, 1.807) is 7.11 Å². The number of fused-ring (bicyclic) bond motifs is 1. The van der Waals surface area contributed by atoms with Crippen LogP contribution in [0.4, 0.5) is 5.69 Å². The Hall–Kier alpha value is -2.75. The lowest BCUT2D eigenvalue weighted by Gasteiger charge is -2.17. The quantitative estimate of drug-likeness (QED) is 0.726. The lowest BCUT2D eigenvalue weighted by atomic mass is 9.94. The molecule has 3 aromatic rings. The van der Waals surface area contributed by atoms with Crippen molar-refractivity contribution in [3.05, 3.63) is 59.8 Å². The number of benzene rings is 2. The van der Waals surface area contributed by atoms with Gasteiger partial charge < -0.3 is 15.0 Å². The highest BCUT2D eigenvalue weighted by Gasteiger charge is 2.52. The van der Waals surface area contributed by atoms with Crippen molar-refractivity contribution in [3.8, 4) is 5.75 Å². The highest BCUT2D eigenvalue weighted by Crippen LogP contribution is 2.51. The van der Waals surface area contributed by atoms with E-state index in [1.807, 2.05) is 42.6 Å². The summed E-state index contributed by atoms with van der Waals surface area (Å²) in [6.07, 6.45) is 4.62. The molecule has 128 valence electrons. The highest BCUT2D eigenvalue weighted by molar-refractivity contribution is 6.05. The Bertz CT molecular complexity index is 938. The summed E-state index contributed by atoms with van der Waals surface area (Å²) >= 11 is 0. The molecule has 4 heteroatoms. The normalized spacial score (nSPS) is 15.1. The molecule has 1 fully saturated rings. The van der Waals surface area contributed by atoms with E-state index in [4.69, 9.17) is 4.74 Å². The predicted octanol–water partition coefficient (Wildman–Crippen LogP) is 4.41. The van der Waals surface area contributed by atoms with Crippen molar-refractivity contribution in [1.29, 1.82) is 0 Å². The monoisotopic (exact) mass is 334 g/mol. The number of anilines is 1. The number of ether oxygens (including phenoxy) is 1. The van der Waals surface area contributed by atoms with Gasteiger partial charge in [-0.3, -0.25) is 4.79 Å². The molecule has 0 radical (unpaired) electrons. The molecule has 25 heavy (non-hydrogen) atoms. The maximum absolute atomic E-state index is 13.1. The zero-order chi connectivity index (χ0) is 17.4. The molecule has 2 N–H and O–H groups in total. The number of amides is 1. The summed E-state index contributed by atoms with van der Waals surface area (Å²) in [7, 11) is 1.66. The molecule has 1 aliphatic carbocycles. The number of para-hydroxylation sites is 1. The van der Waals surface area contributed by atoms with Crippen molar-refractivity contribution in [1.82, 2.24) is 4.98 Å². The molecule has 0 unspecified atom stereocenters. The van der Waals surface area contributed by atoms with Gasteiger partial charge in [0.1, 0.15) is 5.75 Å². The Morgan fingerprint density at radius 3 is 2.76 bits per heavy atom. The minimum absolute atomic E-state index is 0.0807. The van der Waals surface area contributed by atoms with Crippen LogP contribution in [-0.2, 0) is 16.6 Å². The SMILES string of the molecule is CCc1ccccc1NC(=O)C1(c2c[nH]c3ccc(OC)cc23)CC1. The largest absolute Gasteiger partial charge is 0.497 e. The standard InChI is InChI=1S/C21H22N2O2/c1-3-14-6-4-5-7-18(14)23-20(24)21(10-11-21)17-13-22-19-9-8-15(25-2)12-16(17)19/h4-9,12-13,22H,3,10-11H2,1-2H3,(H,23,24). The Morgan fingerprint density at radius 2 is 2.04 bits per heavy atom. The smallest absolute Gasteiger partial charge is 0.235 e. The summed E-state index contributed by atoms with van der Waals surface area (Å²) in [5, 5.41) is 4.23. The number of aryl methyl sites for hydroxylation is 1. The van der Waals surface area contributed by atoms with Crippen molar-refractivity contribution in [2.24, 2.45) is 0 Å². The van der Waals surface area contributed by atoms with Gasteiger partial charge in [0.2, 0.25) is 5.91 Å². The van der Waals surface area contributed by atoms with Crippen LogP contribution in [-0.4, -0.2) is 18.0 Å². The lowest BCUT2D eigenvalue weighted by Crippen LogP contribution is -2.28. The summed E-state index contributed by atoms with van der Waals surface area (Å²) in [6.45, 7) is 2.10. The van der Waals surface area contributed by atoms with Crippen LogP contribution in [0.25, 0.3) is 10.9 Å². The van der Waals surface area contributed by atoms with E-state index in [1.165, 1.54) is 0 Å². The van der Waals surface area contributed by atoms with Crippen LogP contribution < -0.4 is 10.1 Å². The van der Waals surface area contributed by atoms with E-state index >= 15 is 0 Å². The van der Waals surface area contributed by atoms with Gasteiger partial charge in [0.15, 0.2) is 0 Å².